The Bertz CT molecular complexity index is 955. The van der Waals surface area contributed by atoms with E-state index in [0.29, 0.717) is 0 Å². The second-order valence-electron chi connectivity index (χ2n) is 5.05. The van der Waals surface area contributed by atoms with Crippen LogP contribution in [0, 0.1) is 5.82 Å². The van der Waals surface area contributed by atoms with Crippen LogP contribution in [0.5, 0.6) is 0 Å². The van der Waals surface area contributed by atoms with Crippen molar-refractivity contribution in [3.8, 4) is 11.4 Å². The van der Waals surface area contributed by atoms with Crippen molar-refractivity contribution in [2.24, 2.45) is 0 Å². The van der Waals surface area contributed by atoms with Gasteiger partial charge in [-0.25, -0.2) is 4.39 Å². The van der Waals surface area contributed by atoms with Gasteiger partial charge in [-0.15, -0.1) is 0 Å². The van der Waals surface area contributed by atoms with Crippen LogP contribution in [-0.4, -0.2) is 16.0 Å². The third-order valence-electron chi connectivity index (χ3n) is 3.27. The zero-order chi connectivity index (χ0) is 18.9. The minimum atomic E-state index is -4.74. The number of aromatic nitrogens is 2. The van der Waals surface area contributed by atoms with Crippen molar-refractivity contribution in [2.75, 3.05) is 5.32 Å². The molecule has 26 heavy (non-hydrogen) atoms. The first-order valence-electron chi connectivity index (χ1n) is 7.02. The highest BCUT2D eigenvalue weighted by atomic mass is 35.5. The predicted molar refractivity (Wildman–Crippen MR) is 84.1 cm³/mol. The molecule has 0 saturated heterocycles. The van der Waals surface area contributed by atoms with Crippen molar-refractivity contribution < 1.29 is 26.9 Å². The molecule has 1 aromatic heterocycles. The number of rotatable bonds is 3. The molecule has 0 unspecified atom stereocenters. The quantitative estimate of drug-likeness (QED) is 0.657. The summed E-state index contributed by atoms with van der Waals surface area (Å²) >= 11 is 5.64. The maximum atomic E-state index is 13.8. The van der Waals surface area contributed by atoms with Crippen LogP contribution >= 0.6 is 11.6 Å². The van der Waals surface area contributed by atoms with E-state index in [1.165, 1.54) is 42.5 Å². The van der Waals surface area contributed by atoms with Crippen molar-refractivity contribution >= 4 is 23.2 Å². The summed E-state index contributed by atoms with van der Waals surface area (Å²) in [5.41, 5.74) is 0.266. The van der Waals surface area contributed by atoms with Crippen LogP contribution in [0.4, 0.5) is 23.2 Å². The van der Waals surface area contributed by atoms with Crippen molar-refractivity contribution in [1.82, 2.24) is 10.1 Å². The molecule has 0 atom stereocenters. The lowest BCUT2D eigenvalue weighted by molar-refractivity contribution is -0.159. The Morgan fingerprint density at radius 1 is 1.12 bits per heavy atom. The van der Waals surface area contributed by atoms with Gasteiger partial charge in [0.1, 0.15) is 0 Å². The lowest BCUT2D eigenvalue weighted by atomic mass is 10.1. The third kappa shape index (κ3) is 3.67. The van der Waals surface area contributed by atoms with Gasteiger partial charge in [-0.2, -0.15) is 18.2 Å². The average molecular weight is 386 g/mol. The molecule has 1 heterocycles. The van der Waals surface area contributed by atoms with Gasteiger partial charge in [-0.1, -0.05) is 35.0 Å². The highest BCUT2D eigenvalue weighted by molar-refractivity contribution is 6.31. The van der Waals surface area contributed by atoms with E-state index in [4.69, 9.17) is 11.6 Å². The van der Waals surface area contributed by atoms with Gasteiger partial charge in [-0.05, 0) is 24.3 Å². The van der Waals surface area contributed by atoms with Crippen molar-refractivity contribution in [3.05, 3.63) is 64.8 Å². The number of carbonyl (C=O) groups excluding carboxylic acids is 1. The van der Waals surface area contributed by atoms with E-state index >= 15 is 0 Å². The van der Waals surface area contributed by atoms with E-state index < -0.39 is 23.8 Å². The summed E-state index contributed by atoms with van der Waals surface area (Å²) in [6, 6.07) is 9.49. The molecule has 3 aromatic rings. The van der Waals surface area contributed by atoms with Crippen molar-refractivity contribution in [3.63, 3.8) is 0 Å². The normalized spacial score (nSPS) is 11.4. The zero-order valence-electron chi connectivity index (χ0n) is 12.6. The molecule has 0 aliphatic carbocycles. The summed E-state index contributed by atoms with van der Waals surface area (Å²) in [5, 5.41) is 5.46. The molecule has 0 aliphatic heterocycles. The lowest BCUT2D eigenvalue weighted by Crippen LogP contribution is -2.13. The van der Waals surface area contributed by atoms with Gasteiger partial charge in [0, 0.05) is 11.1 Å². The summed E-state index contributed by atoms with van der Waals surface area (Å²) in [5.74, 6) is -3.14. The number of carbonyl (C=O) groups is 1. The zero-order valence-corrected chi connectivity index (χ0v) is 13.4. The van der Waals surface area contributed by atoms with E-state index in [-0.39, 0.29) is 27.7 Å². The molecule has 10 heteroatoms. The Balaban J connectivity index is 1.78. The standard InChI is InChI=1S/C16H8ClF4N3O2/c17-10-2-1-3-11(12(10)18)22-14(25)9-6-4-8(5-7-9)13-23-15(26-24-13)16(19,20)21/h1-7H,(H,22,25). The maximum Gasteiger partial charge on any atom is 0.471 e. The van der Waals surface area contributed by atoms with Gasteiger partial charge in [0.2, 0.25) is 5.82 Å². The molecule has 2 aromatic carbocycles. The molecule has 5 nitrogen and oxygen atoms in total. The SMILES string of the molecule is O=C(Nc1cccc(Cl)c1F)c1ccc(-c2noc(C(F)(F)F)n2)cc1. The molecular weight excluding hydrogens is 378 g/mol. The lowest BCUT2D eigenvalue weighted by Gasteiger charge is -2.07. The van der Waals surface area contributed by atoms with Crippen LogP contribution in [0.15, 0.2) is 47.0 Å². The Labute approximate surface area is 148 Å². The van der Waals surface area contributed by atoms with Crippen molar-refractivity contribution in [2.45, 2.75) is 6.18 Å². The molecule has 1 amide bonds. The van der Waals surface area contributed by atoms with E-state index in [0.717, 1.165) is 0 Å². The number of amides is 1. The highest BCUT2D eigenvalue weighted by Crippen LogP contribution is 2.29. The second kappa shape index (κ2) is 6.75. The minimum absolute atomic E-state index is 0.0976. The molecule has 1 N–H and O–H groups in total. The first-order valence-corrected chi connectivity index (χ1v) is 7.40. The Kier molecular flexibility index (Phi) is 4.64. The van der Waals surface area contributed by atoms with Gasteiger partial charge in [0.15, 0.2) is 5.82 Å². The van der Waals surface area contributed by atoms with E-state index in [1.54, 1.807) is 0 Å². The first kappa shape index (κ1) is 17.9. The number of halogens is 5. The first-order chi connectivity index (χ1) is 12.3. The molecule has 0 bridgehead atoms. The molecule has 0 spiro atoms. The summed E-state index contributed by atoms with van der Waals surface area (Å²) in [7, 11) is 0. The van der Waals surface area contributed by atoms with Gasteiger partial charge in [0.05, 0.1) is 10.7 Å². The van der Waals surface area contributed by atoms with Crippen LogP contribution in [0.3, 0.4) is 0 Å². The molecule has 0 saturated carbocycles. The Morgan fingerprint density at radius 2 is 1.81 bits per heavy atom. The molecular formula is C16H8ClF4N3O2. The van der Waals surface area contributed by atoms with Crippen LogP contribution in [-0.2, 0) is 6.18 Å². The smallest absolute Gasteiger partial charge is 0.329 e. The molecule has 0 radical (unpaired) electrons. The number of hydrogen-bond donors (Lipinski definition) is 1. The summed E-state index contributed by atoms with van der Waals surface area (Å²) in [4.78, 5) is 15.4. The summed E-state index contributed by atoms with van der Waals surface area (Å²) in [6.07, 6.45) is -4.74. The minimum Gasteiger partial charge on any atom is -0.329 e. The number of benzene rings is 2. The number of anilines is 1. The fourth-order valence-electron chi connectivity index (χ4n) is 2.02. The number of hydrogen-bond acceptors (Lipinski definition) is 4. The largest absolute Gasteiger partial charge is 0.471 e. The fraction of sp³-hybridized carbons (Fsp3) is 0.0625. The Morgan fingerprint density at radius 3 is 2.42 bits per heavy atom. The van der Waals surface area contributed by atoms with Gasteiger partial charge >= 0.3 is 12.1 Å². The third-order valence-corrected chi connectivity index (χ3v) is 3.57. The van der Waals surface area contributed by atoms with Gasteiger partial charge in [0.25, 0.3) is 5.91 Å². The number of nitrogens with one attached hydrogen (secondary N) is 1. The molecule has 0 aliphatic rings. The van der Waals surface area contributed by atoms with E-state index in [9.17, 15) is 22.4 Å². The van der Waals surface area contributed by atoms with E-state index in [2.05, 4.69) is 20.0 Å². The van der Waals surface area contributed by atoms with Gasteiger partial charge in [-0.3, -0.25) is 4.79 Å². The average Bonchev–Trinajstić information content (AvgIpc) is 3.09. The second-order valence-corrected chi connectivity index (χ2v) is 5.46. The topological polar surface area (TPSA) is 68.0 Å². The van der Waals surface area contributed by atoms with Gasteiger partial charge < -0.3 is 9.84 Å². The monoisotopic (exact) mass is 385 g/mol. The molecule has 134 valence electrons. The summed E-state index contributed by atoms with van der Waals surface area (Å²) < 4.78 is 55.3. The molecule has 3 rings (SSSR count). The number of nitrogens with zero attached hydrogens (tertiary/aromatic N) is 2. The fourth-order valence-corrected chi connectivity index (χ4v) is 2.20. The summed E-state index contributed by atoms with van der Waals surface area (Å²) in [6.45, 7) is 0. The van der Waals surface area contributed by atoms with Crippen LogP contribution < -0.4 is 5.32 Å². The maximum absolute atomic E-state index is 13.8. The van der Waals surface area contributed by atoms with Crippen LogP contribution in [0.1, 0.15) is 16.2 Å². The van der Waals surface area contributed by atoms with Crippen molar-refractivity contribution in [1.29, 1.82) is 0 Å². The Hall–Kier alpha value is -2.94. The number of alkyl halides is 3. The molecule has 0 fully saturated rings. The van der Waals surface area contributed by atoms with Crippen LogP contribution in [0.2, 0.25) is 5.02 Å². The van der Waals surface area contributed by atoms with Crippen LogP contribution in [0.25, 0.3) is 11.4 Å². The predicted octanol–water partition coefficient (Wildman–Crippen LogP) is 4.80. The van der Waals surface area contributed by atoms with E-state index in [1.807, 2.05) is 0 Å². The highest BCUT2D eigenvalue weighted by Gasteiger charge is 2.38.